The first-order chi connectivity index (χ1) is 16.3. The summed E-state index contributed by atoms with van der Waals surface area (Å²) in [7, 11) is 0. The van der Waals surface area contributed by atoms with Crippen molar-refractivity contribution in [2.75, 3.05) is 0 Å². The van der Waals surface area contributed by atoms with E-state index in [1.165, 1.54) is 37.9 Å². The smallest absolute Gasteiger partial charge is 0.188 e. The Balaban J connectivity index is 1.60. The number of benzene rings is 6. The molecule has 0 atom stereocenters. The molecule has 0 saturated carbocycles. The molecule has 0 amide bonds. The Labute approximate surface area is 190 Å². The summed E-state index contributed by atoms with van der Waals surface area (Å²) in [5.41, 5.74) is 4.62. The highest BCUT2D eigenvalue weighted by molar-refractivity contribution is 6.21. The van der Waals surface area contributed by atoms with Gasteiger partial charge in [0.15, 0.2) is 5.69 Å². The van der Waals surface area contributed by atoms with Crippen molar-refractivity contribution in [3.63, 3.8) is 0 Å². The van der Waals surface area contributed by atoms with Gasteiger partial charge in [-0.1, -0.05) is 72.8 Å². The quantitative estimate of drug-likeness (QED) is 0.191. The fourth-order valence-corrected chi connectivity index (χ4v) is 5.10. The van der Waals surface area contributed by atoms with Crippen molar-refractivity contribution in [1.29, 1.82) is 0 Å². The highest BCUT2D eigenvalue weighted by Gasteiger charge is 2.13. The van der Waals surface area contributed by atoms with Crippen LogP contribution in [0.4, 0.5) is 5.69 Å². The summed E-state index contributed by atoms with van der Waals surface area (Å²) >= 11 is 0. The largest absolute Gasteiger partial charge is 0.456 e. The van der Waals surface area contributed by atoms with Crippen LogP contribution in [-0.4, -0.2) is 0 Å². The van der Waals surface area contributed by atoms with Crippen LogP contribution in [-0.2, 0) is 0 Å². The molecule has 0 aliphatic carbocycles. The van der Waals surface area contributed by atoms with Gasteiger partial charge in [-0.3, -0.25) is 0 Å². The lowest BCUT2D eigenvalue weighted by atomic mass is 9.90. The summed E-state index contributed by atoms with van der Waals surface area (Å²) in [5.74, 6) is 0. The van der Waals surface area contributed by atoms with Crippen molar-refractivity contribution < 1.29 is 4.42 Å². The van der Waals surface area contributed by atoms with Gasteiger partial charge in [-0.2, -0.15) is 0 Å². The Hall–Kier alpha value is -4.61. The van der Waals surface area contributed by atoms with Gasteiger partial charge >= 0.3 is 0 Å². The van der Waals surface area contributed by atoms with E-state index in [0.29, 0.717) is 5.69 Å². The summed E-state index contributed by atoms with van der Waals surface area (Å²) < 4.78 is 6.06. The van der Waals surface area contributed by atoms with E-state index >= 15 is 0 Å². The topological polar surface area (TPSA) is 17.5 Å². The van der Waals surface area contributed by atoms with E-state index in [1.54, 1.807) is 6.07 Å². The first kappa shape index (κ1) is 18.0. The lowest BCUT2D eigenvalue weighted by molar-refractivity contribution is 0.669. The molecule has 0 radical (unpaired) electrons. The molecule has 152 valence electrons. The van der Waals surface area contributed by atoms with Crippen molar-refractivity contribution in [1.82, 2.24) is 0 Å². The van der Waals surface area contributed by atoms with Crippen molar-refractivity contribution in [3.8, 4) is 11.1 Å². The zero-order valence-corrected chi connectivity index (χ0v) is 17.7. The molecule has 33 heavy (non-hydrogen) atoms. The van der Waals surface area contributed by atoms with E-state index in [4.69, 9.17) is 11.0 Å². The van der Waals surface area contributed by atoms with E-state index in [9.17, 15) is 0 Å². The summed E-state index contributed by atoms with van der Waals surface area (Å²) in [6.07, 6.45) is 0. The maximum atomic E-state index is 7.38. The van der Waals surface area contributed by atoms with Gasteiger partial charge in [0.1, 0.15) is 11.2 Å². The van der Waals surface area contributed by atoms with E-state index in [-0.39, 0.29) is 0 Å². The average Bonchev–Trinajstić information content (AvgIpc) is 3.25. The van der Waals surface area contributed by atoms with Crippen molar-refractivity contribution in [2.45, 2.75) is 0 Å². The number of fused-ring (bicyclic) bond motifs is 8. The van der Waals surface area contributed by atoms with Crippen molar-refractivity contribution in [2.24, 2.45) is 0 Å². The van der Waals surface area contributed by atoms with Gasteiger partial charge in [0, 0.05) is 10.8 Å². The van der Waals surface area contributed by atoms with Gasteiger partial charge in [0.05, 0.1) is 6.57 Å². The highest BCUT2D eigenvalue weighted by atomic mass is 16.3. The SMILES string of the molecule is [C-]#[N+]c1ccc2oc3ccc(-c4cc5c6ccccc6ccc5c5ccccc45)cc3c2c1. The molecule has 0 saturated heterocycles. The Morgan fingerprint density at radius 3 is 2.06 bits per heavy atom. The summed E-state index contributed by atoms with van der Waals surface area (Å²) in [6, 6.07) is 36.0. The van der Waals surface area contributed by atoms with Crippen LogP contribution in [0.3, 0.4) is 0 Å². The molecular formula is C31H17NO. The summed E-state index contributed by atoms with van der Waals surface area (Å²) in [5, 5.41) is 9.54. The standard InChI is InChI=1S/C31H17NO/c1-32-21-12-15-31-29(17-21)28-16-20(11-14-30(28)33-31)26-18-27-22-7-3-2-6-19(22)10-13-25(27)23-8-4-5-9-24(23)26/h2-18H. The van der Waals surface area contributed by atoms with Crippen LogP contribution in [0.15, 0.2) is 108 Å². The molecule has 0 fully saturated rings. The molecule has 0 aliphatic rings. The minimum Gasteiger partial charge on any atom is -0.456 e. The molecular weight excluding hydrogens is 402 g/mol. The maximum Gasteiger partial charge on any atom is 0.188 e. The molecule has 0 bridgehead atoms. The van der Waals surface area contributed by atoms with Crippen molar-refractivity contribution >= 4 is 59.9 Å². The fourth-order valence-electron chi connectivity index (χ4n) is 5.10. The van der Waals surface area contributed by atoms with Gasteiger partial charge in [0.2, 0.25) is 0 Å². The minimum atomic E-state index is 0.623. The van der Waals surface area contributed by atoms with Crippen LogP contribution >= 0.6 is 0 Å². The third kappa shape index (κ3) is 2.60. The number of furan rings is 1. The lowest BCUT2D eigenvalue weighted by Crippen LogP contribution is -1.86. The molecule has 0 spiro atoms. The number of rotatable bonds is 1. The fraction of sp³-hybridized carbons (Fsp3) is 0. The zero-order valence-electron chi connectivity index (χ0n) is 17.7. The maximum absolute atomic E-state index is 7.38. The van der Waals surface area contributed by atoms with Gasteiger partial charge in [-0.15, -0.1) is 0 Å². The number of hydrogen-bond donors (Lipinski definition) is 0. The van der Waals surface area contributed by atoms with Crippen LogP contribution < -0.4 is 0 Å². The Morgan fingerprint density at radius 1 is 0.515 bits per heavy atom. The van der Waals surface area contributed by atoms with Crippen LogP contribution in [0.1, 0.15) is 0 Å². The number of nitrogens with zero attached hydrogens (tertiary/aromatic N) is 1. The van der Waals surface area contributed by atoms with E-state index in [0.717, 1.165) is 27.5 Å². The average molecular weight is 419 g/mol. The Kier molecular flexibility index (Phi) is 3.65. The van der Waals surface area contributed by atoms with Gasteiger partial charge in [-0.05, 0) is 73.8 Å². The van der Waals surface area contributed by atoms with Crippen LogP contribution in [0.5, 0.6) is 0 Å². The third-order valence-corrected chi connectivity index (χ3v) is 6.66. The van der Waals surface area contributed by atoms with E-state index < -0.39 is 0 Å². The van der Waals surface area contributed by atoms with Gasteiger partial charge in [0.25, 0.3) is 0 Å². The van der Waals surface area contributed by atoms with E-state index in [1.807, 2.05) is 18.2 Å². The molecule has 7 rings (SSSR count). The molecule has 0 unspecified atom stereocenters. The van der Waals surface area contributed by atoms with Crippen LogP contribution in [0, 0.1) is 6.57 Å². The second-order valence-corrected chi connectivity index (χ2v) is 8.46. The third-order valence-electron chi connectivity index (χ3n) is 6.66. The van der Waals surface area contributed by atoms with Crippen LogP contribution in [0.2, 0.25) is 0 Å². The first-order valence-corrected chi connectivity index (χ1v) is 11.0. The molecule has 7 aromatic rings. The summed E-state index contributed by atoms with van der Waals surface area (Å²) in [4.78, 5) is 3.60. The van der Waals surface area contributed by atoms with Crippen molar-refractivity contribution in [3.05, 3.63) is 115 Å². The predicted octanol–water partition coefficient (Wildman–Crippen LogP) is 9.26. The molecule has 2 heteroatoms. The molecule has 1 aromatic heterocycles. The molecule has 0 aliphatic heterocycles. The highest BCUT2D eigenvalue weighted by Crippen LogP contribution is 2.40. The molecule has 2 nitrogen and oxygen atoms in total. The molecule has 0 N–H and O–H groups in total. The monoisotopic (exact) mass is 419 g/mol. The normalized spacial score (nSPS) is 11.6. The lowest BCUT2D eigenvalue weighted by Gasteiger charge is -2.13. The second-order valence-electron chi connectivity index (χ2n) is 8.46. The van der Waals surface area contributed by atoms with Gasteiger partial charge in [-0.25, -0.2) is 4.85 Å². The second kappa shape index (κ2) is 6.69. The summed E-state index contributed by atoms with van der Waals surface area (Å²) in [6.45, 7) is 7.38. The number of hydrogen-bond acceptors (Lipinski definition) is 1. The first-order valence-electron chi connectivity index (χ1n) is 11.0. The zero-order chi connectivity index (χ0) is 21.9. The van der Waals surface area contributed by atoms with Crippen LogP contribution in [0.25, 0.3) is 70.2 Å². The Bertz CT molecular complexity index is 1930. The van der Waals surface area contributed by atoms with E-state index in [2.05, 4.69) is 83.7 Å². The molecule has 6 aromatic carbocycles. The minimum absolute atomic E-state index is 0.623. The predicted molar refractivity (Wildman–Crippen MR) is 138 cm³/mol. The Morgan fingerprint density at radius 2 is 1.21 bits per heavy atom. The molecule has 1 heterocycles. The van der Waals surface area contributed by atoms with Gasteiger partial charge < -0.3 is 4.42 Å².